The molecular formula is C18H18FNO4. The Kier molecular flexibility index (Phi) is 5.52. The smallest absolute Gasteiger partial charge is 0.229 e. The number of benzene rings is 2. The number of ether oxygens (including phenoxy) is 2. The van der Waals surface area contributed by atoms with Crippen molar-refractivity contribution in [1.82, 2.24) is 0 Å². The Balaban J connectivity index is 2.13. The lowest BCUT2D eigenvalue weighted by Crippen LogP contribution is -2.16. The number of carbonyl (C=O) groups is 2. The summed E-state index contributed by atoms with van der Waals surface area (Å²) in [6.07, 6.45) is -0.187. The van der Waals surface area contributed by atoms with E-state index in [1.807, 2.05) is 0 Å². The summed E-state index contributed by atoms with van der Waals surface area (Å²) in [4.78, 5) is 23.4. The van der Waals surface area contributed by atoms with Gasteiger partial charge in [-0.05, 0) is 31.2 Å². The summed E-state index contributed by atoms with van der Waals surface area (Å²) >= 11 is 0. The van der Waals surface area contributed by atoms with Crippen LogP contribution in [0.5, 0.6) is 11.5 Å². The first-order valence-electron chi connectivity index (χ1n) is 7.26. The Morgan fingerprint density at radius 3 is 2.29 bits per heavy atom. The number of ketones is 1. The zero-order chi connectivity index (χ0) is 17.7. The first-order valence-corrected chi connectivity index (χ1v) is 7.26. The number of nitrogens with one attached hydrogen (secondary N) is 1. The van der Waals surface area contributed by atoms with E-state index in [0.717, 1.165) is 0 Å². The van der Waals surface area contributed by atoms with Gasteiger partial charge in [0.05, 0.1) is 20.6 Å². The fourth-order valence-corrected chi connectivity index (χ4v) is 2.21. The molecule has 0 bridgehead atoms. The zero-order valence-corrected chi connectivity index (χ0v) is 13.7. The molecule has 0 unspecified atom stereocenters. The van der Waals surface area contributed by atoms with Crippen LogP contribution in [0.1, 0.15) is 22.8 Å². The summed E-state index contributed by atoms with van der Waals surface area (Å²) in [7, 11) is 2.82. The maximum atomic E-state index is 14.1. The van der Waals surface area contributed by atoms with Crippen LogP contribution in [0, 0.1) is 5.82 Å². The fraction of sp³-hybridized carbons (Fsp3) is 0.222. The molecule has 0 aliphatic heterocycles. The van der Waals surface area contributed by atoms with Gasteiger partial charge < -0.3 is 14.8 Å². The molecule has 0 aromatic heterocycles. The van der Waals surface area contributed by atoms with Crippen LogP contribution in [0.25, 0.3) is 0 Å². The molecule has 0 atom stereocenters. The molecule has 2 rings (SSSR count). The molecular weight excluding hydrogens is 313 g/mol. The number of carbonyl (C=O) groups excluding carboxylic acids is 2. The number of hydrogen-bond donors (Lipinski definition) is 1. The molecule has 2 aromatic carbocycles. The second-order valence-corrected chi connectivity index (χ2v) is 5.15. The molecule has 6 heteroatoms. The van der Waals surface area contributed by atoms with Crippen LogP contribution in [0.3, 0.4) is 0 Å². The predicted molar refractivity (Wildman–Crippen MR) is 88.3 cm³/mol. The molecule has 0 spiro atoms. The summed E-state index contributed by atoms with van der Waals surface area (Å²) in [5.74, 6) is -0.471. The molecule has 24 heavy (non-hydrogen) atoms. The van der Waals surface area contributed by atoms with E-state index < -0.39 is 11.7 Å². The number of anilines is 1. The van der Waals surface area contributed by atoms with Crippen LogP contribution in [0.2, 0.25) is 0 Å². The standard InChI is InChI=1S/C18H18FNO4/c1-11(21)12-4-6-13(7-5-12)20-18(22)10-15-16(19)8-14(23-2)9-17(15)24-3/h4-9H,10H2,1-3H3,(H,20,22). The normalized spacial score (nSPS) is 10.2. The number of amides is 1. The highest BCUT2D eigenvalue weighted by molar-refractivity contribution is 5.96. The minimum absolute atomic E-state index is 0.0575. The van der Waals surface area contributed by atoms with Crippen LogP contribution in [-0.4, -0.2) is 25.9 Å². The van der Waals surface area contributed by atoms with Crippen LogP contribution in [0.4, 0.5) is 10.1 Å². The quantitative estimate of drug-likeness (QED) is 0.826. The molecule has 0 heterocycles. The number of Topliss-reactive ketones (excluding diaryl/α,β-unsaturated/α-hetero) is 1. The van der Waals surface area contributed by atoms with E-state index in [0.29, 0.717) is 17.0 Å². The van der Waals surface area contributed by atoms with Crippen molar-refractivity contribution in [3.05, 3.63) is 53.3 Å². The highest BCUT2D eigenvalue weighted by atomic mass is 19.1. The van der Waals surface area contributed by atoms with Crippen LogP contribution in [-0.2, 0) is 11.2 Å². The van der Waals surface area contributed by atoms with E-state index in [4.69, 9.17) is 9.47 Å². The van der Waals surface area contributed by atoms with Crippen molar-refractivity contribution in [3.8, 4) is 11.5 Å². The summed E-state index contributed by atoms with van der Waals surface area (Å²) < 4.78 is 24.2. The van der Waals surface area contributed by atoms with Crippen LogP contribution in [0.15, 0.2) is 36.4 Å². The summed E-state index contributed by atoms with van der Waals surface area (Å²) in [5, 5.41) is 2.66. The Hall–Kier alpha value is -2.89. The Bertz CT molecular complexity index is 756. The molecule has 0 aliphatic carbocycles. The third kappa shape index (κ3) is 4.10. The minimum Gasteiger partial charge on any atom is -0.497 e. The number of hydrogen-bond acceptors (Lipinski definition) is 4. The fourth-order valence-electron chi connectivity index (χ4n) is 2.21. The highest BCUT2D eigenvalue weighted by Crippen LogP contribution is 2.28. The van der Waals surface area contributed by atoms with E-state index in [9.17, 15) is 14.0 Å². The number of methoxy groups -OCH3 is 2. The van der Waals surface area contributed by atoms with Gasteiger partial charge >= 0.3 is 0 Å². The van der Waals surface area contributed by atoms with Gasteiger partial charge in [-0.25, -0.2) is 4.39 Å². The molecule has 0 aliphatic rings. The lowest BCUT2D eigenvalue weighted by Gasteiger charge is -2.12. The maximum absolute atomic E-state index is 14.1. The van der Waals surface area contributed by atoms with Gasteiger partial charge in [0, 0.05) is 28.9 Å². The van der Waals surface area contributed by atoms with Gasteiger partial charge in [0.25, 0.3) is 0 Å². The molecule has 0 fully saturated rings. The average Bonchev–Trinajstić information content (AvgIpc) is 2.56. The van der Waals surface area contributed by atoms with Gasteiger partial charge in [-0.15, -0.1) is 0 Å². The van der Waals surface area contributed by atoms with Crippen LogP contribution < -0.4 is 14.8 Å². The molecule has 2 aromatic rings. The van der Waals surface area contributed by atoms with Crippen molar-refractivity contribution in [3.63, 3.8) is 0 Å². The molecule has 0 radical (unpaired) electrons. The largest absolute Gasteiger partial charge is 0.497 e. The SMILES string of the molecule is COc1cc(F)c(CC(=O)Nc2ccc(C(C)=O)cc2)c(OC)c1. The molecule has 126 valence electrons. The van der Waals surface area contributed by atoms with Crippen molar-refractivity contribution in [2.45, 2.75) is 13.3 Å². The third-order valence-electron chi connectivity index (χ3n) is 3.50. The Morgan fingerprint density at radius 1 is 1.08 bits per heavy atom. The van der Waals surface area contributed by atoms with Crippen molar-refractivity contribution >= 4 is 17.4 Å². The second-order valence-electron chi connectivity index (χ2n) is 5.15. The van der Waals surface area contributed by atoms with Gasteiger partial charge in [0.1, 0.15) is 17.3 Å². The van der Waals surface area contributed by atoms with Crippen molar-refractivity contribution in [2.24, 2.45) is 0 Å². The van der Waals surface area contributed by atoms with Gasteiger partial charge in [0.2, 0.25) is 5.91 Å². The van der Waals surface area contributed by atoms with E-state index in [2.05, 4.69) is 5.32 Å². The summed E-state index contributed by atoms with van der Waals surface area (Å²) in [6.45, 7) is 1.46. The topological polar surface area (TPSA) is 64.6 Å². The molecule has 0 saturated carbocycles. The highest BCUT2D eigenvalue weighted by Gasteiger charge is 2.16. The van der Waals surface area contributed by atoms with Gasteiger partial charge in [-0.2, -0.15) is 0 Å². The molecule has 5 nitrogen and oxygen atoms in total. The van der Waals surface area contributed by atoms with E-state index >= 15 is 0 Å². The lowest BCUT2D eigenvalue weighted by atomic mass is 10.1. The molecule has 1 N–H and O–H groups in total. The summed E-state index contributed by atoms with van der Waals surface area (Å²) in [5.41, 5.74) is 1.23. The lowest BCUT2D eigenvalue weighted by molar-refractivity contribution is -0.115. The maximum Gasteiger partial charge on any atom is 0.229 e. The first-order chi connectivity index (χ1) is 11.4. The second kappa shape index (κ2) is 7.59. The predicted octanol–water partition coefficient (Wildman–Crippen LogP) is 3.23. The van der Waals surface area contributed by atoms with E-state index in [1.54, 1.807) is 24.3 Å². The molecule has 0 saturated heterocycles. The van der Waals surface area contributed by atoms with E-state index in [1.165, 1.54) is 33.3 Å². The molecule has 1 amide bonds. The Labute approximate surface area is 139 Å². The third-order valence-corrected chi connectivity index (χ3v) is 3.50. The van der Waals surface area contributed by atoms with Crippen LogP contribution >= 0.6 is 0 Å². The van der Waals surface area contributed by atoms with Gasteiger partial charge in [-0.1, -0.05) is 0 Å². The number of rotatable bonds is 6. The Morgan fingerprint density at radius 2 is 1.75 bits per heavy atom. The minimum atomic E-state index is -0.576. The summed E-state index contributed by atoms with van der Waals surface area (Å²) in [6, 6.07) is 9.20. The van der Waals surface area contributed by atoms with Gasteiger partial charge in [0.15, 0.2) is 5.78 Å². The van der Waals surface area contributed by atoms with Crippen molar-refractivity contribution in [2.75, 3.05) is 19.5 Å². The zero-order valence-electron chi connectivity index (χ0n) is 13.7. The van der Waals surface area contributed by atoms with Crippen molar-refractivity contribution < 1.29 is 23.5 Å². The number of halogens is 1. The van der Waals surface area contributed by atoms with Gasteiger partial charge in [-0.3, -0.25) is 9.59 Å². The van der Waals surface area contributed by atoms with Crippen molar-refractivity contribution in [1.29, 1.82) is 0 Å². The first kappa shape index (κ1) is 17.5. The average molecular weight is 331 g/mol. The monoisotopic (exact) mass is 331 g/mol. The van der Waals surface area contributed by atoms with E-state index in [-0.39, 0.29) is 23.5 Å².